The number of hydrogen-bond acceptors (Lipinski definition) is 3. The summed E-state index contributed by atoms with van der Waals surface area (Å²) in [5.41, 5.74) is 0.170. The number of fused-ring (bicyclic) bond motifs is 1. The van der Waals surface area contributed by atoms with Crippen molar-refractivity contribution in [2.45, 2.75) is 0 Å². The van der Waals surface area contributed by atoms with E-state index in [4.69, 9.17) is 0 Å². The Morgan fingerprint density at radius 3 is 2.40 bits per heavy atom. The van der Waals surface area contributed by atoms with E-state index in [1.807, 2.05) is 40.9 Å². The van der Waals surface area contributed by atoms with Crippen LogP contribution >= 0.6 is 0 Å². The van der Waals surface area contributed by atoms with Crippen LogP contribution in [-0.2, 0) is 3.79 Å². The normalized spacial score (nSPS) is 10.1. The van der Waals surface area contributed by atoms with Gasteiger partial charge in [0.2, 0.25) is 0 Å². The molecule has 0 aliphatic heterocycles. The third kappa shape index (κ3) is 1.82. The highest BCUT2D eigenvalue weighted by Gasteiger charge is 2.10. The van der Waals surface area contributed by atoms with Gasteiger partial charge in [-0.25, -0.2) is 4.79 Å². The van der Waals surface area contributed by atoms with Gasteiger partial charge in [0.15, 0.2) is 0 Å². The number of carbonyl (C=O) groups is 1. The van der Waals surface area contributed by atoms with Crippen molar-refractivity contribution in [3.63, 3.8) is 0 Å². The van der Waals surface area contributed by atoms with Crippen LogP contribution in [0.4, 0.5) is 0 Å². The van der Waals surface area contributed by atoms with Crippen LogP contribution in [0, 0.1) is 0 Å². The molecular formula is C11H7AlO3. The first-order valence-electron chi connectivity index (χ1n) is 4.35. The zero-order valence-electron chi connectivity index (χ0n) is 7.81. The molecule has 0 spiro atoms. The van der Waals surface area contributed by atoms with Crippen molar-refractivity contribution >= 4 is 33.4 Å². The molecule has 2 aromatic rings. The van der Waals surface area contributed by atoms with Crippen LogP contribution in [-0.4, -0.2) is 27.7 Å². The molecule has 0 fully saturated rings. The maximum atomic E-state index is 11.3. The van der Waals surface area contributed by atoms with Crippen LogP contribution in [0.2, 0.25) is 0 Å². The van der Waals surface area contributed by atoms with Gasteiger partial charge in [-0.1, -0.05) is 24.3 Å². The molecule has 3 nitrogen and oxygen atoms in total. The minimum absolute atomic E-state index is 0.0684. The van der Waals surface area contributed by atoms with Gasteiger partial charge < -0.3 is 8.90 Å². The fraction of sp³-hybridized carbons (Fsp3) is 0. The van der Waals surface area contributed by atoms with Crippen molar-refractivity contribution in [3.8, 4) is 5.75 Å². The maximum absolute atomic E-state index is 11.3. The molecule has 0 unspecified atom stereocenters. The predicted octanol–water partition coefficient (Wildman–Crippen LogP) is 1.79. The van der Waals surface area contributed by atoms with E-state index in [1.54, 1.807) is 12.1 Å². The lowest BCUT2D eigenvalue weighted by Gasteiger charge is -2.06. The molecule has 2 rings (SSSR count). The average molecular weight is 214 g/mol. The second kappa shape index (κ2) is 3.94. The lowest BCUT2D eigenvalue weighted by molar-refractivity contribution is 0.0747. The smallest absolute Gasteiger partial charge is 0.485 e. The number of aromatic hydroxyl groups is 1. The monoisotopic (exact) mass is 214 g/mol. The van der Waals surface area contributed by atoms with E-state index in [-0.39, 0.29) is 11.3 Å². The summed E-state index contributed by atoms with van der Waals surface area (Å²) in [6, 6.07) is 10.6. The van der Waals surface area contributed by atoms with E-state index in [0.29, 0.717) is 0 Å². The standard InChI is InChI=1S/C11H8O3.Al/c12-10-6-8-4-2-1-3-7(8)5-9(10)11(13)14;/h1-6,12H,(H,13,14);/q;+1/p-1. The van der Waals surface area contributed by atoms with E-state index in [9.17, 15) is 9.90 Å². The van der Waals surface area contributed by atoms with Crippen molar-refractivity contribution in [3.05, 3.63) is 42.0 Å². The van der Waals surface area contributed by atoms with Crippen molar-refractivity contribution in [2.24, 2.45) is 0 Å². The molecule has 0 aliphatic rings. The Hall–Kier alpha value is -1.50. The summed E-state index contributed by atoms with van der Waals surface area (Å²) >= 11 is 1.87. The SMILES string of the molecule is O=C([O][Al])c1cc2ccccc2cc1O. The topological polar surface area (TPSA) is 46.5 Å². The number of benzene rings is 2. The van der Waals surface area contributed by atoms with Crippen LogP contribution in [0.3, 0.4) is 0 Å². The van der Waals surface area contributed by atoms with Crippen molar-refractivity contribution in [2.75, 3.05) is 0 Å². The third-order valence-corrected chi connectivity index (χ3v) is 2.41. The molecule has 4 heteroatoms. The highest BCUT2D eigenvalue weighted by Crippen LogP contribution is 2.25. The largest absolute Gasteiger partial charge is 0.624 e. The summed E-state index contributed by atoms with van der Waals surface area (Å²) in [6.45, 7) is 0. The fourth-order valence-corrected chi connectivity index (χ4v) is 1.58. The maximum Gasteiger partial charge on any atom is 0.485 e. The van der Waals surface area contributed by atoms with Gasteiger partial charge >= 0.3 is 22.6 Å². The summed E-state index contributed by atoms with van der Waals surface area (Å²) in [5, 5.41) is 11.4. The van der Waals surface area contributed by atoms with Crippen LogP contribution in [0.5, 0.6) is 5.75 Å². The molecule has 0 aliphatic carbocycles. The van der Waals surface area contributed by atoms with Gasteiger partial charge in [-0.15, -0.1) is 0 Å². The van der Waals surface area contributed by atoms with Crippen molar-refractivity contribution in [1.29, 1.82) is 0 Å². The van der Waals surface area contributed by atoms with E-state index < -0.39 is 5.97 Å². The zero-order chi connectivity index (χ0) is 10.8. The van der Waals surface area contributed by atoms with Gasteiger partial charge in [0.25, 0.3) is 0 Å². The molecule has 0 heterocycles. The Bertz CT molecular complexity index is 522. The highest BCUT2D eigenvalue weighted by atomic mass is 27.1. The van der Waals surface area contributed by atoms with Gasteiger partial charge in [-0.2, -0.15) is 0 Å². The summed E-state index contributed by atoms with van der Waals surface area (Å²) < 4.78 is 4.48. The molecule has 2 radical (unpaired) electrons. The van der Waals surface area contributed by atoms with Crippen LogP contribution in [0.1, 0.15) is 10.4 Å². The summed E-state index contributed by atoms with van der Waals surface area (Å²) in [5.74, 6) is -0.635. The Balaban J connectivity index is 2.67. The van der Waals surface area contributed by atoms with Crippen LogP contribution in [0.25, 0.3) is 10.8 Å². The summed E-state index contributed by atoms with van der Waals surface area (Å²) in [7, 11) is 0. The molecule has 0 amide bonds. The van der Waals surface area contributed by atoms with E-state index in [0.717, 1.165) is 10.8 Å². The molecule has 0 aromatic heterocycles. The molecule has 2 aromatic carbocycles. The molecule has 0 saturated heterocycles. The minimum Gasteiger partial charge on any atom is -0.624 e. The third-order valence-electron chi connectivity index (χ3n) is 2.19. The number of carbonyl (C=O) groups excluding carboxylic acids is 1. The number of phenolic OH excluding ortho intramolecular Hbond substituents is 1. The Labute approximate surface area is 95.0 Å². The van der Waals surface area contributed by atoms with E-state index >= 15 is 0 Å². The lowest BCUT2D eigenvalue weighted by atomic mass is 10.1. The van der Waals surface area contributed by atoms with Crippen molar-refractivity contribution in [1.82, 2.24) is 0 Å². The number of hydrogen-bond donors (Lipinski definition) is 1. The summed E-state index contributed by atoms with van der Waals surface area (Å²) in [6.07, 6.45) is 0. The minimum atomic E-state index is -0.566. The quantitative estimate of drug-likeness (QED) is 0.736. The second-order valence-corrected chi connectivity index (χ2v) is 3.36. The molecule has 0 atom stereocenters. The Morgan fingerprint density at radius 1 is 1.20 bits per heavy atom. The molecule has 0 bridgehead atoms. The fourth-order valence-electron chi connectivity index (χ4n) is 1.46. The Kier molecular flexibility index (Phi) is 2.63. The average Bonchev–Trinajstić information content (AvgIpc) is 2.27. The van der Waals surface area contributed by atoms with Gasteiger partial charge in [-0.3, -0.25) is 0 Å². The molecule has 0 saturated carbocycles. The number of rotatable bonds is 1. The lowest BCUT2D eigenvalue weighted by Crippen LogP contribution is -2.02. The second-order valence-electron chi connectivity index (χ2n) is 3.12. The van der Waals surface area contributed by atoms with E-state index in [2.05, 4.69) is 3.79 Å². The molecule has 1 N–H and O–H groups in total. The summed E-state index contributed by atoms with van der Waals surface area (Å²) in [4.78, 5) is 11.3. The zero-order valence-corrected chi connectivity index (χ0v) is 8.96. The number of phenols is 1. The first-order chi connectivity index (χ1) is 7.22. The molecule has 72 valence electrons. The highest BCUT2D eigenvalue weighted by molar-refractivity contribution is 6.11. The van der Waals surface area contributed by atoms with Gasteiger partial charge in [-0.05, 0) is 22.9 Å². The van der Waals surface area contributed by atoms with Crippen molar-refractivity contribution < 1.29 is 13.7 Å². The van der Waals surface area contributed by atoms with Crippen LogP contribution < -0.4 is 0 Å². The first kappa shape index (κ1) is 10.0. The first-order valence-corrected chi connectivity index (χ1v) is 4.82. The molecule has 15 heavy (non-hydrogen) atoms. The van der Waals surface area contributed by atoms with Gasteiger partial charge in [0.05, 0.1) is 5.56 Å². The predicted molar refractivity (Wildman–Crippen MR) is 56.8 cm³/mol. The van der Waals surface area contributed by atoms with Gasteiger partial charge in [0, 0.05) is 0 Å². The van der Waals surface area contributed by atoms with Gasteiger partial charge in [0.1, 0.15) is 5.75 Å². The molecular weight excluding hydrogens is 207 g/mol. The van der Waals surface area contributed by atoms with E-state index in [1.165, 1.54) is 0 Å². The Morgan fingerprint density at radius 2 is 1.80 bits per heavy atom. The van der Waals surface area contributed by atoms with Crippen LogP contribution in [0.15, 0.2) is 36.4 Å².